The average Bonchev–Trinajstić information content (AvgIpc) is 3.26. The molecular weight excluding hydrogens is 433 g/mol. The van der Waals surface area contributed by atoms with Crippen molar-refractivity contribution in [2.45, 2.75) is 52.6 Å². The van der Waals surface area contributed by atoms with Gasteiger partial charge in [-0.15, -0.1) is 0 Å². The van der Waals surface area contributed by atoms with Crippen LogP contribution in [0.25, 0.3) is 16.6 Å². The summed E-state index contributed by atoms with van der Waals surface area (Å²) in [7, 11) is 0. The van der Waals surface area contributed by atoms with Crippen LogP contribution in [0.5, 0.6) is 0 Å². The number of pyridine rings is 1. The van der Waals surface area contributed by atoms with Crippen LogP contribution in [0.15, 0.2) is 41.1 Å². The summed E-state index contributed by atoms with van der Waals surface area (Å²) in [5, 5.41) is 7.40. The fourth-order valence-electron chi connectivity index (χ4n) is 5.31. The molecular formula is C26H30FN5O2. The Hall–Kier alpha value is -3.39. The standard InChI is InChI=1S/C26H30FN5O2/c1-15-11-31-12-17(10-20(27)23(31)28-15)29-24(33)18-7-8-21(19-9-16(2)34-22(18)19)32-13-25(3,4)30-26(5,6)14-32/h7-12,30H,13-14H2,1-6H3,(H,29,33). The molecule has 1 amide bonds. The van der Waals surface area contributed by atoms with Gasteiger partial charge in [0.05, 0.1) is 16.9 Å². The molecule has 0 radical (unpaired) electrons. The minimum Gasteiger partial charge on any atom is -0.460 e. The van der Waals surface area contributed by atoms with E-state index in [0.717, 1.165) is 29.9 Å². The number of benzene rings is 1. The van der Waals surface area contributed by atoms with E-state index < -0.39 is 5.82 Å². The van der Waals surface area contributed by atoms with Gasteiger partial charge in [0.1, 0.15) is 11.3 Å². The van der Waals surface area contributed by atoms with E-state index in [1.807, 2.05) is 19.1 Å². The van der Waals surface area contributed by atoms with Crippen LogP contribution >= 0.6 is 0 Å². The van der Waals surface area contributed by atoms with E-state index in [2.05, 4.69) is 48.2 Å². The maximum absolute atomic E-state index is 14.5. The van der Waals surface area contributed by atoms with E-state index in [1.54, 1.807) is 29.8 Å². The number of nitrogens with zero attached hydrogens (tertiary/aromatic N) is 3. The van der Waals surface area contributed by atoms with E-state index >= 15 is 0 Å². The number of imidazole rings is 1. The number of halogens is 1. The first-order chi connectivity index (χ1) is 15.9. The highest BCUT2D eigenvalue weighted by atomic mass is 19.1. The van der Waals surface area contributed by atoms with Gasteiger partial charge in [-0.3, -0.25) is 4.79 Å². The van der Waals surface area contributed by atoms with Gasteiger partial charge in [0.15, 0.2) is 11.5 Å². The molecule has 1 saturated heterocycles. The number of carbonyl (C=O) groups excluding carboxylic acids is 1. The number of aryl methyl sites for hydroxylation is 2. The second-order valence-corrected chi connectivity index (χ2v) is 10.6. The van der Waals surface area contributed by atoms with Crippen LogP contribution in [0, 0.1) is 19.7 Å². The second kappa shape index (κ2) is 7.56. The van der Waals surface area contributed by atoms with Crippen molar-refractivity contribution in [2.24, 2.45) is 0 Å². The molecule has 0 saturated carbocycles. The zero-order valence-electron chi connectivity index (χ0n) is 20.4. The van der Waals surface area contributed by atoms with Crippen LogP contribution in [0.4, 0.5) is 15.8 Å². The first-order valence-corrected chi connectivity index (χ1v) is 11.4. The molecule has 8 heteroatoms. The molecule has 1 aliphatic rings. The molecule has 4 aromatic rings. The number of aromatic nitrogens is 2. The molecule has 0 spiro atoms. The Bertz CT molecular complexity index is 1420. The number of carbonyl (C=O) groups is 1. The number of nitrogens with one attached hydrogen (secondary N) is 2. The maximum Gasteiger partial charge on any atom is 0.259 e. The fraction of sp³-hybridized carbons (Fsp3) is 0.385. The number of hydrogen-bond donors (Lipinski definition) is 2. The summed E-state index contributed by atoms with van der Waals surface area (Å²) in [6, 6.07) is 7.02. The molecule has 0 atom stereocenters. The molecule has 0 aliphatic carbocycles. The molecule has 5 rings (SSSR count). The Morgan fingerprint density at radius 2 is 1.82 bits per heavy atom. The van der Waals surface area contributed by atoms with Crippen molar-refractivity contribution < 1.29 is 13.6 Å². The molecule has 1 aliphatic heterocycles. The largest absolute Gasteiger partial charge is 0.460 e. The number of rotatable bonds is 3. The number of anilines is 2. The van der Waals surface area contributed by atoms with Crippen LogP contribution < -0.4 is 15.5 Å². The third-order valence-corrected chi connectivity index (χ3v) is 6.10. The van der Waals surface area contributed by atoms with Gasteiger partial charge in [0.2, 0.25) is 0 Å². The van der Waals surface area contributed by atoms with Gasteiger partial charge in [0.25, 0.3) is 5.91 Å². The summed E-state index contributed by atoms with van der Waals surface area (Å²) in [6.07, 6.45) is 3.37. The Morgan fingerprint density at radius 3 is 2.53 bits per heavy atom. The first kappa shape index (κ1) is 22.4. The van der Waals surface area contributed by atoms with Gasteiger partial charge in [-0.1, -0.05) is 0 Å². The number of piperazine rings is 1. The van der Waals surface area contributed by atoms with E-state index in [0.29, 0.717) is 22.5 Å². The monoisotopic (exact) mass is 463 g/mol. The topological polar surface area (TPSA) is 74.8 Å². The summed E-state index contributed by atoms with van der Waals surface area (Å²) < 4.78 is 22.1. The van der Waals surface area contributed by atoms with Gasteiger partial charge < -0.3 is 24.4 Å². The van der Waals surface area contributed by atoms with E-state index in [9.17, 15) is 9.18 Å². The van der Waals surface area contributed by atoms with Crippen molar-refractivity contribution in [3.05, 3.63) is 59.5 Å². The molecule has 34 heavy (non-hydrogen) atoms. The van der Waals surface area contributed by atoms with Gasteiger partial charge in [0, 0.05) is 53.7 Å². The van der Waals surface area contributed by atoms with Crippen LogP contribution in [0.3, 0.4) is 0 Å². The molecule has 0 unspecified atom stereocenters. The van der Waals surface area contributed by atoms with E-state index in [-0.39, 0.29) is 22.6 Å². The molecule has 2 N–H and O–H groups in total. The quantitative estimate of drug-likeness (QED) is 0.444. The van der Waals surface area contributed by atoms with Crippen molar-refractivity contribution >= 4 is 33.9 Å². The molecule has 4 heterocycles. The SMILES string of the molecule is Cc1cn2cc(NC(=O)c3ccc(N4CC(C)(C)NC(C)(C)C4)c4cc(C)oc34)cc(F)c2n1. The maximum atomic E-state index is 14.5. The lowest BCUT2D eigenvalue weighted by atomic mass is 9.90. The average molecular weight is 464 g/mol. The highest BCUT2D eigenvalue weighted by Gasteiger charge is 2.37. The van der Waals surface area contributed by atoms with Gasteiger partial charge in [-0.05, 0) is 59.7 Å². The lowest BCUT2D eigenvalue weighted by Crippen LogP contribution is -2.67. The van der Waals surface area contributed by atoms with Gasteiger partial charge >= 0.3 is 0 Å². The fourth-order valence-corrected chi connectivity index (χ4v) is 5.31. The zero-order chi connectivity index (χ0) is 24.4. The molecule has 7 nitrogen and oxygen atoms in total. The van der Waals surface area contributed by atoms with Crippen molar-refractivity contribution in [3.8, 4) is 0 Å². The Kier molecular flexibility index (Phi) is 4.98. The number of fused-ring (bicyclic) bond motifs is 2. The smallest absolute Gasteiger partial charge is 0.259 e. The summed E-state index contributed by atoms with van der Waals surface area (Å²) in [5.74, 6) is -0.127. The first-order valence-electron chi connectivity index (χ1n) is 11.4. The molecule has 1 aromatic carbocycles. The molecule has 178 valence electrons. The van der Waals surface area contributed by atoms with Crippen LogP contribution in [-0.2, 0) is 0 Å². The molecule has 3 aromatic heterocycles. The predicted octanol–water partition coefficient (Wildman–Crippen LogP) is 5.06. The van der Waals surface area contributed by atoms with Gasteiger partial charge in [-0.2, -0.15) is 0 Å². The summed E-state index contributed by atoms with van der Waals surface area (Å²) in [4.78, 5) is 19.7. The van der Waals surface area contributed by atoms with Crippen LogP contribution in [0.2, 0.25) is 0 Å². The van der Waals surface area contributed by atoms with Crippen molar-refractivity contribution in [2.75, 3.05) is 23.3 Å². The summed E-state index contributed by atoms with van der Waals surface area (Å²) in [5.41, 5.74) is 3.10. The van der Waals surface area contributed by atoms with Gasteiger partial charge in [-0.25, -0.2) is 9.37 Å². The third kappa shape index (κ3) is 4.03. The molecule has 1 fully saturated rings. The summed E-state index contributed by atoms with van der Waals surface area (Å²) in [6.45, 7) is 14.1. The lowest BCUT2D eigenvalue weighted by molar-refractivity contribution is 0.102. The minimum absolute atomic E-state index is 0.0721. The van der Waals surface area contributed by atoms with E-state index in [1.165, 1.54) is 6.07 Å². The minimum atomic E-state index is -0.496. The Labute approximate surface area is 197 Å². The zero-order valence-corrected chi connectivity index (χ0v) is 20.4. The Balaban J connectivity index is 1.51. The highest BCUT2D eigenvalue weighted by Crippen LogP contribution is 2.36. The van der Waals surface area contributed by atoms with Crippen molar-refractivity contribution in [3.63, 3.8) is 0 Å². The van der Waals surface area contributed by atoms with Crippen molar-refractivity contribution in [1.82, 2.24) is 14.7 Å². The number of hydrogen-bond acceptors (Lipinski definition) is 5. The van der Waals surface area contributed by atoms with Crippen LogP contribution in [-0.4, -0.2) is 39.5 Å². The molecule has 0 bridgehead atoms. The van der Waals surface area contributed by atoms with Crippen LogP contribution in [0.1, 0.15) is 49.5 Å². The highest BCUT2D eigenvalue weighted by molar-refractivity contribution is 6.13. The van der Waals surface area contributed by atoms with Crippen molar-refractivity contribution in [1.29, 1.82) is 0 Å². The summed E-state index contributed by atoms with van der Waals surface area (Å²) >= 11 is 0. The van der Waals surface area contributed by atoms with E-state index in [4.69, 9.17) is 4.42 Å². The lowest BCUT2D eigenvalue weighted by Gasteiger charge is -2.49. The normalized spacial score (nSPS) is 17.4. The second-order valence-electron chi connectivity index (χ2n) is 10.6. The number of furan rings is 1. The Morgan fingerprint density at radius 1 is 1.12 bits per heavy atom. The predicted molar refractivity (Wildman–Crippen MR) is 132 cm³/mol. The third-order valence-electron chi connectivity index (χ3n) is 6.10. The number of amides is 1.